The average Bonchev–Trinajstić information content (AvgIpc) is 1.52. The molecule has 2 aromatic heterocycles. The van der Waals surface area contributed by atoms with Crippen LogP contribution in [0.1, 0.15) is 164 Å². The van der Waals surface area contributed by atoms with Gasteiger partial charge >= 0.3 is 0 Å². The lowest BCUT2D eigenvalue weighted by atomic mass is 9.49. The van der Waals surface area contributed by atoms with Crippen molar-refractivity contribution >= 4 is 54.6 Å². The van der Waals surface area contributed by atoms with Crippen LogP contribution in [-0.2, 0) is 5.41 Å². The first-order valence-electron chi connectivity index (χ1n) is 35.7. The number of fused-ring (bicyclic) bond motifs is 11. The van der Waals surface area contributed by atoms with E-state index in [2.05, 4.69) is 41.5 Å². The normalized spacial score (nSPS) is 17.7. The molecular weight excluding hydrogens is 909 g/mol. The summed E-state index contributed by atoms with van der Waals surface area (Å²) in [5, 5.41) is 0.751. The van der Waals surface area contributed by atoms with E-state index in [0.717, 1.165) is 5.56 Å². The molecule has 1 unspecified atom stereocenters. The van der Waals surface area contributed by atoms with E-state index in [-0.39, 0.29) is 143 Å². The van der Waals surface area contributed by atoms with Crippen molar-refractivity contribution in [2.24, 2.45) is 10.8 Å². The summed E-state index contributed by atoms with van der Waals surface area (Å²) < 4.78 is 204. The fourth-order valence-corrected chi connectivity index (χ4v) is 13.9. The second kappa shape index (κ2) is 16.7. The summed E-state index contributed by atoms with van der Waals surface area (Å²) in [5.41, 5.74) is 4.54. The molecule has 2 nitrogen and oxygen atoms in total. The molecule has 1 atom stereocenters. The van der Waals surface area contributed by atoms with Crippen LogP contribution in [0, 0.1) is 87.0 Å². The van der Waals surface area contributed by atoms with Gasteiger partial charge in [-0.15, -0.1) is 0 Å². The van der Waals surface area contributed by atoms with Gasteiger partial charge in [0, 0.05) is 43.8 Å². The molecule has 1 aliphatic rings. The first-order chi connectivity index (χ1) is 43.9. The maximum Gasteiger partial charge on any atom is 0.143 e. The molecule has 0 amide bonds. The Morgan fingerprint density at radius 1 is 0.427 bits per heavy atom. The van der Waals surface area contributed by atoms with Gasteiger partial charge in [0.15, 0.2) is 0 Å². The first kappa shape index (κ1) is 31.0. The van der Waals surface area contributed by atoms with E-state index >= 15 is 0 Å². The van der Waals surface area contributed by atoms with Gasteiger partial charge < -0.3 is 8.83 Å². The smallest absolute Gasteiger partial charge is 0.143 e. The lowest BCUT2D eigenvalue weighted by Gasteiger charge is -2.54. The molecule has 0 saturated carbocycles. The maximum atomic E-state index is 10.6. The van der Waals surface area contributed by atoms with Gasteiger partial charge in [-0.05, 0) is 205 Å². The third-order valence-corrected chi connectivity index (χ3v) is 16.6. The fraction of sp³-hybridized carbons (Fsp3) is 0.288. The summed E-state index contributed by atoms with van der Waals surface area (Å²) in [5.74, 6) is -1.27. The van der Waals surface area contributed by atoms with Crippen molar-refractivity contribution in [1.82, 2.24) is 0 Å². The number of para-hydroxylation sites is 2. The molecule has 2 heteroatoms. The highest BCUT2D eigenvalue weighted by atomic mass is 16.3. The molecule has 0 spiro atoms. The molecule has 75 heavy (non-hydrogen) atoms. The van der Waals surface area contributed by atoms with E-state index in [1.165, 1.54) is 6.92 Å². The molecular formula is C73H72O2. The SMILES string of the molecule is [2H]c1c([2H])c(-c2c([2H])c([2H])c(C(c3c(C)c(C)c4c(c3C)C(C(C)(C)C)(C(C)(C)C)c3c([2H])c(C)c([2H])c([2H])c3-4)c3c(C)c([2H])c4oc5c6c(C)c([2H])c(C)c([2H])c6c(-c6c([2H])c([2H])c([2H])c7c6oc6c([2H])c([2H])c([2H])c([2H])c67)c(C)c5c4c3C)c([2H])c2C)c([2H])c([2H])c1C. The molecule has 11 aromatic rings. The Morgan fingerprint density at radius 3 is 1.81 bits per heavy atom. The zero-order valence-corrected chi connectivity index (χ0v) is 45.9. The highest BCUT2D eigenvalue weighted by Crippen LogP contribution is 2.67. The Kier molecular flexibility index (Phi) is 6.90. The Hall–Kier alpha value is -7.16. The van der Waals surface area contributed by atoms with Crippen molar-refractivity contribution in [3.05, 3.63) is 210 Å². The van der Waals surface area contributed by atoms with Gasteiger partial charge in [0.2, 0.25) is 0 Å². The molecule has 376 valence electrons. The van der Waals surface area contributed by atoms with Crippen molar-refractivity contribution < 1.29 is 36.2 Å². The lowest BCUT2D eigenvalue weighted by Crippen LogP contribution is -2.50. The van der Waals surface area contributed by atoms with Crippen molar-refractivity contribution in [2.75, 3.05) is 0 Å². The van der Waals surface area contributed by atoms with E-state index < -0.39 is 88.6 Å². The molecule has 0 saturated heterocycles. The number of benzene rings is 9. The second-order valence-corrected chi connectivity index (χ2v) is 23.1. The highest BCUT2D eigenvalue weighted by Gasteiger charge is 2.59. The van der Waals surface area contributed by atoms with Crippen molar-refractivity contribution in [1.29, 1.82) is 0 Å². The van der Waals surface area contributed by atoms with Crippen LogP contribution in [0.5, 0.6) is 0 Å². The van der Waals surface area contributed by atoms with Crippen LogP contribution in [0.3, 0.4) is 0 Å². The monoisotopic (exact) mass is 1000 g/mol. The summed E-state index contributed by atoms with van der Waals surface area (Å²) in [6, 6.07) is -6.96. The Labute approximate surface area is 472 Å². The molecule has 9 aromatic carbocycles. The van der Waals surface area contributed by atoms with Crippen molar-refractivity contribution in [2.45, 2.75) is 129 Å². The fourth-order valence-electron chi connectivity index (χ4n) is 13.9. The number of hydrogen-bond acceptors (Lipinski definition) is 2. The molecule has 0 radical (unpaired) electrons. The van der Waals surface area contributed by atoms with Crippen LogP contribution in [0.4, 0.5) is 0 Å². The molecule has 0 aliphatic heterocycles. The van der Waals surface area contributed by atoms with Gasteiger partial charge in [-0.25, -0.2) is 0 Å². The Balaban J connectivity index is 1.33. The number of aryl methyl sites for hydroxylation is 3. The van der Waals surface area contributed by atoms with Gasteiger partial charge in [0.05, 0.1) is 27.4 Å². The summed E-state index contributed by atoms with van der Waals surface area (Å²) in [6.45, 7) is 31.8. The third-order valence-electron chi connectivity index (χ3n) is 16.6. The minimum absolute atomic E-state index is 0.00635. The summed E-state index contributed by atoms with van der Waals surface area (Å²) in [4.78, 5) is 0. The van der Waals surface area contributed by atoms with Crippen LogP contribution < -0.4 is 0 Å². The lowest BCUT2D eigenvalue weighted by molar-refractivity contribution is 0.0942. The van der Waals surface area contributed by atoms with E-state index in [1.54, 1.807) is 41.5 Å². The predicted octanol–water partition coefficient (Wildman–Crippen LogP) is 20.9. The highest BCUT2D eigenvalue weighted by molar-refractivity contribution is 6.24. The average molecular weight is 1000 g/mol. The van der Waals surface area contributed by atoms with Crippen LogP contribution in [-0.4, -0.2) is 0 Å². The van der Waals surface area contributed by atoms with Crippen LogP contribution in [0.2, 0.25) is 0 Å². The molecule has 0 fully saturated rings. The maximum absolute atomic E-state index is 10.6. The number of hydrogen-bond donors (Lipinski definition) is 0. The van der Waals surface area contributed by atoms with E-state index in [1.807, 2.05) is 27.7 Å². The zero-order chi connectivity index (χ0) is 70.5. The van der Waals surface area contributed by atoms with Gasteiger partial charge in [0.1, 0.15) is 22.3 Å². The Morgan fingerprint density at radius 2 is 1.09 bits per heavy atom. The van der Waals surface area contributed by atoms with Gasteiger partial charge in [-0.3, -0.25) is 0 Å². The largest absolute Gasteiger partial charge is 0.455 e. The quantitative estimate of drug-likeness (QED) is 0.161. The number of rotatable bonds is 5. The summed E-state index contributed by atoms with van der Waals surface area (Å²) in [7, 11) is 0. The molecule has 0 N–H and O–H groups in total. The molecule has 0 bridgehead atoms. The van der Waals surface area contributed by atoms with Crippen molar-refractivity contribution in [3.8, 4) is 33.4 Å². The van der Waals surface area contributed by atoms with Gasteiger partial charge in [-0.1, -0.05) is 167 Å². The van der Waals surface area contributed by atoms with Gasteiger partial charge in [-0.2, -0.15) is 0 Å². The van der Waals surface area contributed by atoms with Crippen LogP contribution in [0.25, 0.3) is 88.0 Å². The van der Waals surface area contributed by atoms with Gasteiger partial charge in [0.25, 0.3) is 0 Å². The van der Waals surface area contributed by atoms with E-state index in [4.69, 9.17) is 17.1 Å². The van der Waals surface area contributed by atoms with E-state index in [9.17, 15) is 19.2 Å². The number of furan rings is 2. The minimum Gasteiger partial charge on any atom is -0.455 e. The molecule has 2 heterocycles. The summed E-state index contributed by atoms with van der Waals surface area (Å²) in [6.07, 6.45) is 0. The topological polar surface area (TPSA) is 26.3 Å². The van der Waals surface area contributed by atoms with Crippen LogP contribution in [0.15, 0.2) is 130 Å². The Bertz CT molecular complexity index is 5390. The predicted molar refractivity (Wildman–Crippen MR) is 320 cm³/mol. The van der Waals surface area contributed by atoms with E-state index in [0.29, 0.717) is 83.1 Å². The van der Waals surface area contributed by atoms with Crippen molar-refractivity contribution in [3.63, 3.8) is 0 Å². The minimum atomic E-state index is -1.27. The standard InChI is InChI=1S/C73H72O2/c1-38-25-28-49(29-26-38)51-32-30-50(36-41(51)4)67(62-44(7)45(8)64-54-31-27-39(2)35-57(54)73(71(12,13)14,72(15,16)17)68(64)48(62)11)60-43(6)37-59-65(46(60)9)66-47(10)63(56-34-40(3)33-42(5)61(56)70(66)75-59)55-23-20-22-53-52-21-18-19-24-58(52)74-69(53)55/h18-37,67H,1-17H3/i18D,19D,20D,21D,22D,23D,24D,25D,26D,27D,28D,29D,30D,31D,32D,33D,34D,35D,36D,37D. The summed E-state index contributed by atoms with van der Waals surface area (Å²) >= 11 is 0. The molecule has 12 rings (SSSR count). The first-order valence-corrected chi connectivity index (χ1v) is 25.7. The zero-order valence-electron chi connectivity index (χ0n) is 65.9. The van der Waals surface area contributed by atoms with Crippen LogP contribution >= 0.6 is 0 Å². The third kappa shape index (κ3) is 6.76. The molecule has 1 aliphatic carbocycles. The second-order valence-electron chi connectivity index (χ2n) is 23.1.